The molecule has 0 aliphatic rings. The summed E-state index contributed by atoms with van der Waals surface area (Å²) in [6.07, 6.45) is 0.902. The summed E-state index contributed by atoms with van der Waals surface area (Å²) in [6.45, 7) is 4.68. The molecule has 0 aliphatic carbocycles. The number of hydrogen-bond donors (Lipinski definition) is 3. The number of nitrogens with zero attached hydrogens (tertiary/aromatic N) is 2. The highest BCUT2D eigenvalue weighted by Crippen LogP contribution is 2.10. The summed E-state index contributed by atoms with van der Waals surface area (Å²) in [5.41, 5.74) is 2.52. The number of nitrogen functional groups attached to an aromatic ring is 1. The van der Waals surface area contributed by atoms with E-state index in [1.165, 1.54) is 0 Å². The van der Waals surface area contributed by atoms with E-state index in [1.54, 1.807) is 13.2 Å². The van der Waals surface area contributed by atoms with Crippen LogP contribution in [-0.2, 0) is 11.2 Å². The lowest BCUT2D eigenvalue weighted by Gasteiger charge is -2.12. The topological polar surface area (TPSA) is 85.1 Å². The molecule has 0 saturated carbocycles. The Balaban J connectivity index is 2.71. The molecular formula is C10H19N5O. The van der Waals surface area contributed by atoms with Gasteiger partial charge in [0.05, 0.1) is 6.10 Å². The summed E-state index contributed by atoms with van der Waals surface area (Å²) in [7, 11) is 1.68. The van der Waals surface area contributed by atoms with Crippen molar-refractivity contribution < 1.29 is 4.74 Å². The molecule has 1 aromatic heterocycles. The minimum absolute atomic E-state index is 0.134. The second-order valence-corrected chi connectivity index (χ2v) is 3.48. The maximum atomic E-state index is 5.33. The highest BCUT2D eigenvalue weighted by molar-refractivity contribution is 5.46. The Labute approximate surface area is 95.6 Å². The van der Waals surface area contributed by atoms with Crippen LogP contribution < -0.4 is 16.6 Å². The Morgan fingerprint density at radius 3 is 2.69 bits per heavy atom. The molecule has 0 aromatic carbocycles. The summed E-state index contributed by atoms with van der Waals surface area (Å²) < 4.78 is 5.14. The maximum absolute atomic E-state index is 5.33. The minimum Gasteiger partial charge on any atom is -0.380 e. The third-order valence-corrected chi connectivity index (χ3v) is 2.21. The molecule has 16 heavy (non-hydrogen) atoms. The van der Waals surface area contributed by atoms with Crippen LogP contribution in [0.4, 0.5) is 11.6 Å². The number of hydrazine groups is 1. The molecule has 1 atom stereocenters. The van der Waals surface area contributed by atoms with Gasteiger partial charge in [-0.05, 0) is 6.92 Å². The standard InChI is InChI=1S/C10H19N5O/c1-4-8-13-9(5-10(14-8)15-11)12-6-7(2)16-3/h5,7H,4,6,11H2,1-3H3,(H2,12,13,14,15). The lowest BCUT2D eigenvalue weighted by molar-refractivity contribution is 0.128. The Morgan fingerprint density at radius 2 is 2.12 bits per heavy atom. The molecule has 4 N–H and O–H groups in total. The summed E-state index contributed by atoms with van der Waals surface area (Å²) in [6, 6.07) is 1.77. The van der Waals surface area contributed by atoms with Gasteiger partial charge in [-0.15, -0.1) is 0 Å². The van der Waals surface area contributed by atoms with Crippen LogP contribution in [0.3, 0.4) is 0 Å². The van der Waals surface area contributed by atoms with Crippen molar-refractivity contribution in [2.24, 2.45) is 5.84 Å². The van der Waals surface area contributed by atoms with E-state index < -0.39 is 0 Å². The molecule has 1 aromatic rings. The zero-order valence-electron chi connectivity index (χ0n) is 9.95. The molecule has 6 nitrogen and oxygen atoms in total. The highest BCUT2D eigenvalue weighted by atomic mass is 16.5. The van der Waals surface area contributed by atoms with E-state index in [0.717, 1.165) is 18.1 Å². The molecule has 0 radical (unpaired) electrons. The van der Waals surface area contributed by atoms with Crippen molar-refractivity contribution in [2.45, 2.75) is 26.4 Å². The van der Waals surface area contributed by atoms with Crippen LogP contribution >= 0.6 is 0 Å². The molecular weight excluding hydrogens is 206 g/mol. The van der Waals surface area contributed by atoms with Crippen molar-refractivity contribution in [3.05, 3.63) is 11.9 Å². The van der Waals surface area contributed by atoms with Gasteiger partial charge in [0, 0.05) is 26.1 Å². The third-order valence-electron chi connectivity index (χ3n) is 2.21. The predicted octanol–water partition coefficient (Wildman–Crippen LogP) is 0.771. The van der Waals surface area contributed by atoms with E-state index in [4.69, 9.17) is 10.6 Å². The van der Waals surface area contributed by atoms with Crippen LogP contribution in [0.25, 0.3) is 0 Å². The van der Waals surface area contributed by atoms with Crippen molar-refractivity contribution in [1.82, 2.24) is 9.97 Å². The summed E-state index contributed by atoms with van der Waals surface area (Å²) in [4.78, 5) is 8.53. The zero-order valence-corrected chi connectivity index (χ0v) is 9.95. The van der Waals surface area contributed by atoms with E-state index >= 15 is 0 Å². The number of rotatable bonds is 6. The molecule has 0 spiro atoms. The quantitative estimate of drug-likeness (QED) is 0.490. The van der Waals surface area contributed by atoms with Gasteiger partial charge in [-0.1, -0.05) is 6.92 Å². The first-order valence-electron chi connectivity index (χ1n) is 5.30. The molecule has 90 valence electrons. The van der Waals surface area contributed by atoms with Crippen molar-refractivity contribution in [3.8, 4) is 0 Å². The zero-order chi connectivity index (χ0) is 12.0. The molecule has 0 fully saturated rings. The van der Waals surface area contributed by atoms with Gasteiger partial charge in [-0.2, -0.15) is 0 Å². The lowest BCUT2D eigenvalue weighted by atomic mass is 10.4. The monoisotopic (exact) mass is 225 g/mol. The SMILES string of the molecule is CCc1nc(NN)cc(NCC(C)OC)n1. The van der Waals surface area contributed by atoms with Crippen LogP contribution in [-0.4, -0.2) is 29.7 Å². The average molecular weight is 225 g/mol. The molecule has 0 saturated heterocycles. The number of anilines is 2. The van der Waals surface area contributed by atoms with Crippen LogP contribution in [0.1, 0.15) is 19.7 Å². The number of methoxy groups -OCH3 is 1. The largest absolute Gasteiger partial charge is 0.380 e. The normalized spacial score (nSPS) is 12.2. The molecule has 6 heteroatoms. The molecule has 1 rings (SSSR count). The Bertz CT molecular complexity index is 309. The van der Waals surface area contributed by atoms with Gasteiger partial charge in [0.1, 0.15) is 17.5 Å². The first-order chi connectivity index (χ1) is 7.69. The first kappa shape index (κ1) is 12.7. The molecule has 0 aliphatic heterocycles. The smallest absolute Gasteiger partial charge is 0.145 e. The van der Waals surface area contributed by atoms with E-state index in [-0.39, 0.29) is 6.10 Å². The van der Waals surface area contributed by atoms with Crippen LogP contribution in [0, 0.1) is 0 Å². The summed E-state index contributed by atoms with van der Waals surface area (Å²) >= 11 is 0. The molecule has 1 unspecified atom stereocenters. The second kappa shape index (κ2) is 6.24. The predicted molar refractivity (Wildman–Crippen MR) is 64.2 cm³/mol. The van der Waals surface area contributed by atoms with E-state index in [2.05, 4.69) is 20.7 Å². The number of ether oxygens (including phenoxy) is 1. The fourth-order valence-electron chi connectivity index (χ4n) is 1.15. The van der Waals surface area contributed by atoms with Gasteiger partial charge in [0.25, 0.3) is 0 Å². The van der Waals surface area contributed by atoms with E-state index in [9.17, 15) is 0 Å². The Kier molecular flexibility index (Phi) is 4.94. The van der Waals surface area contributed by atoms with Gasteiger partial charge >= 0.3 is 0 Å². The van der Waals surface area contributed by atoms with Crippen LogP contribution in [0.15, 0.2) is 6.07 Å². The van der Waals surface area contributed by atoms with Gasteiger partial charge in [-0.3, -0.25) is 0 Å². The fourth-order valence-corrected chi connectivity index (χ4v) is 1.15. The second-order valence-electron chi connectivity index (χ2n) is 3.48. The van der Waals surface area contributed by atoms with Crippen molar-refractivity contribution in [1.29, 1.82) is 0 Å². The minimum atomic E-state index is 0.134. The van der Waals surface area contributed by atoms with Gasteiger partial charge in [0.2, 0.25) is 0 Å². The van der Waals surface area contributed by atoms with Crippen molar-refractivity contribution in [3.63, 3.8) is 0 Å². The number of nitrogens with one attached hydrogen (secondary N) is 2. The molecule has 1 heterocycles. The Hall–Kier alpha value is -1.40. The average Bonchev–Trinajstić information content (AvgIpc) is 2.35. The van der Waals surface area contributed by atoms with E-state index in [0.29, 0.717) is 12.4 Å². The Morgan fingerprint density at radius 1 is 1.44 bits per heavy atom. The first-order valence-corrected chi connectivity index (χ1v) is 5.30. The summed E-state index contributed by atoms with van der Waals surface area (Å²) in [5, 5.41) is 3.17. The molecule has 0 amide bonds. The van der Waals surface area contributed by atoms with Crippen LogP contribution in [0.5, 0.6) is 0 Å². The van der Waals surface area contributed by atoms with Gasteiger partial charge in [0.15, 0.2) is 0 Å². The lowest BCUT2D eigenvalue weighted by Crippen LogP contribution is -2.19. The van der Waals surface area contributed by atoms with Gasteiger partial charge in [-0.25, -0.2) is 15.8 Å². The molecule has 0 bridgehead atoms. The number of hydrogen-bond acceptors (Lipinski definition) is 6. The number of nitrogens with two attached hydrogens (primary N) is 1. The van der Waals surface area contributed by atoms with Gasteiger partial charge < -0.3 is 15.5 Å². The van der Waals surface area contributed by atoms with Crippen LogP contribution in [0.2, 0.25) is 0 Å². The number of aromatic nitrogens is 2. The number of aryl methyl sites for hydroxylation is 1. The summed E-state index contributed by atoms with van der Waals surface area (Å²) in [5.74, 6) is 7.45. The maximum Gasteiger partial charge on any atom is 0.145 e. The van der Waals surface area contributed by atoms with Crippen molar-refractivity contribution in [2.75, 3.05) is 24.4 Å². The third kappa shape index (κ3) is 3.63. The highest BCUT2D eigenvalue weighted by Gasteiger charge is 2.04. The van der Waals surface area contributed by atoms with E-state index in [1.807, 2.05) is 13.8 Å². The van der Waals surface area contributed by atoms with Crippen molar-refractivity contribution >= 4 is 11.6 Å². The fraction of sp³-hybridized carbons (Fsp3) is 0.600.